The Kier molecular flexibility index (Phi) is 3.71. The zero-order valence-corrected chi connectivity index (χ0v) is 10.4. The lowest BCUT2D eigenvalue weighted by Crippen LogP contribution is -2.01. The molecule has 0 saturated carbocycles. The highest BCUT2D eigenvalue weighted by atomic mass is 79.9. The summed E-state index contributed by atoms with van der Waals surface area (Å²) in [6.07, 6.45) is 1.64. The molecule has 17 heavy (non-hydrogen) atoms. The molecule has 1 aromatic carbocycles. The summed E-state index contributed by atoms with van der Waals surface area (Å²) < 4.78 is 19.3. The number of rotatable bonds is 3. The maximum Gasteiger partial charge on any atom is 0.150 e. The Morgan fingerprint density at radius 2 is 2.18 bits per heavy atom. The van der Waals surface area contributed by atoms with Crippen LogP contribution >= 0.6 is 15.9 Å². The van der Waals surface area contributed by atoms with E-state index in [2.05, 4.69) is 20.9 Å². The van der Waals surface area contributed by atoms with Crippen molar-refractivity contribution in [3.8, 4) is 11.5 Å². The van der Waals surface area contributed by atoms with E-state index in [0.29, 0.717) is 21.7 Å². The van der Waals surface area contributed by atoms with Gasteiger partial charge in [-0.05, 0) is 24.3 Å². The molecule has 0 radical (unpaired) electrons. The topological polar surface area (TPSA) is 48.1 Å². The molecular formula is C12H10BrFN2O. The van der Waals surface area contributed by atoms with Crippen molar-refractivity contribution in [3.05, 3.63) is 52.5 Å². The molecule has 0 atom stereocenters. The Morgan fingerprint density at radius 1 is 1.35 bits per heavy atom. The number of nitrogens with zero attached hydrogens (tertiary/aromatic N) is 1. The van der Waals surface area contributed by atoms with Crippen LogP contribution in [0.15, 0.2) is 41.0 Å². The average Bonchev–Trinajstić information content (AvgIpc) is 2.28. The van der Waals surface area contributed by atoms with Crippen molar-refractivity contribution in [2.45, 2.75) is 6.54 Å². The third-order valence-electron chi connectivity index (χ3n) is 2.11. The van der Waals surface area contributed by atoms with Crippen molar-refractivity contribution >= 4 is 15.9 Å². The van der Waals surface area contributed by atoms with E-state index in [4.69, 9.17) is 10.5 Å². The fourth-order valence-corrected chi connectivity index (χ4v) is 1.83. The van der Waals surface area contributed by atoms with Crippen LogP contribution in [0.5, 0.6) is 11.5 Å². The predicted molar refractivity (Wildman–Crippen MR) is 66.3 cm³/mol. The number of pyridine rings is 1. The van der Waals surface area contributed by atoms with Crippen molar-refractivity contribution in [1.29, 1.82) is 0 Å². The third-order valence-corrected chi connectivity index (χ3v) is 2.56. The molecule has 0 saturated heterocycles. The molecule has 1 aromatic heterocycles. The minimum Gasteiger partial charge on any atom is -0.455 e. The summed E-state index contributed by atoms with van der Waals surface area (Å²) in [6.45, 7) is 0.270. The van der Waals surface area contributed by atoms with Gasteiger partial charge in [0.2, 0.25) is 0 Å². The maximum absolute atomic E-state index is 13.2. The Balaban J connectivity index is 2.31. The lowest BCUT2D eigenvalue weighted by Gasteiger charge is -2.09. The first-order valence-electron chi connectivity index (χ1n) is 4.97. The number of aromatic nitrogens is 1. The van der Waals surface area contributed by atoms with Crippen molar-refractivity contribution < 1.29 is 9.13 Å². The van der Waals surface area contributed by atoms with Gasteiger partial charge < -0.3 is 10.5 Å². The monoisotopic (exact) mass is 296 g/mol. The smallest absolute Gasteiger partial charge is 0.150 e. The Morgan fingerprint density at radius 3 is 2.88 bits per heavy atom. The van der Waals surface area contributed by atoms with Crippen molar-refractivity contribution in [2.24, 2.45) is 5.73 Å². The Labute approximate surface area is 107 Å². The van der Waals surface area contributed by atoms with Gasteiger partial charge in [-0.15, -0.1) is 0 Å². The van der Waals surface area contributed by atoms with Gasteiger partial charge in [0.1, 0.15) is 17.3 Å². The second-order valence-electron chi connectivity index (χ2n) is 3.36. The summed E-state index contributed by atoms with van der Waals surface area (Å²) in [6, 6.07) is 7.82. The molecule has 0 spiro atoms. The molecule has 0 bridgehead atoms. The van der Waals surface area contributed by atoms with Crippen LogP contribution < -0.4 is 10.5 Å². The number of ether oxygens (including phenoxy) is 1. The van der Waals surface area contributed by atoms with E-state index < -0.39 is 0 Å². The quantitative estimate of drug-likeness (QED) is 0.946. The van der Waals surface area contributed by atoms with Gasteiger partial charge in [0.05, 0.1) is 5.69 Å². The van der Waals surface area contributed by atoms with Crippen LogP contribution in [0.3, 0.4) is 0 Å². The third kappa shape index (κ3) is 3.01. The fraction of sp³-hybridized carbons (Fsp3) is 0.0833. The highest BCUT2D eigenvalue weighted by molar-refractivity contribution is 9.10. The molecule has 2 rings (SSSR count). The largest absolute Gasteiger partial charge is 0.455 e. The molecule has 0 fully saturated rings. The summed E-state index contributed by atoms with van der Waals surface area (Å²) in [5.41, 5.74) is 6.17. The van der Waals surface area contributed by atoms with E-state index in [1.807, 2.05) is 0 Å². The molecule has 2 N–H and O–H groups in total. The number of benzene rings is 1. The highest BCUT2D eigenvalue weighted by Crippen LogP contribution is 2.27. The first-order chi connectivity index (χ1) is 8.19. The number of nitrogens with two attached hydrogens (primary N) is 1. The molecule has 0 amide bonds. The van der Waals surface area contributed by atoms with Crippen molar-refractivity contribution in [2.75, 3.05) is 0 Å². The van der Waals surface area contributed by atoms with Crippen molar-refractivity contribution in [1.82, 2.24) is 4.98 Å². The second-order valence-corrected chi connectivity index (χ2v) is 4.28. The fourth-order valence-electron chi connectivity index (χ4n) is 1.38. The molecule has 0 unspecified atom stereocenters. The van der Waals surface area contributed by atoms with E-state index in [9.17, 15) is 4.39 Å². The van der Waals surface area contributed by atoms with E-state index in [-0.39, 0.29) is 12.4 Å². The van der Waals surface area contributed by atoms with Crippen molar-refractivity contribution in [3.63, 3.8) is 0 Å². The molecule has 3 nitrogen and oxygen atoms in total. The van der Waals surface area contributed by atoms with Gasteiger partial charge in [-0.3, -0.25) is 4.98 Å². The van der Waals surface area contributed by atoms with Crippen LogP contribution in [0.25, 0.3) is 0 Å². The molecule has 0 aliphatic heterocycles. The molecule has 0 aliphatic rings. The molecule has 2 aromatic rings. The van der Waals surface area contributed by atoms with Gasteiger partial charge in [-0.1, -0.05) is 15.9 Å². The maximum atomic E-state index is 13.2. The lowest BCUT2D eigenvalue weighted by atomic mass is 10.3. The second kappa shape index (κ2) is 5.25. The van der Waals surface area contributed by atoms with Crippen LogP contribution in [0, 0.1) is 5.82 Å². The van der Waals surface area contributed by atoms with Gasteiger partial charge in [-0.2, -0.15) is 0 Å². The molecule has 88 valence electrons. The summed E-state index contributed by atoms with van der Waals surface area (Å²) in [5.74, 6) is 0.569. The van der Waals surface area contributed by atoms with E-state index >= 15 is 0 Å². The molecule has 1 heterocycles. The lowest BCUT2D eigenvalue weighted by molar-refractivity contribution is 0.467. The van der Waals surface area contributed by atoms with Crippen LogP contribution in [-0.2, 0) is 6.54 Å². The van der Waals surface area contributed by atoms with Gasteiger partial charge >= 0.3 is 0 Å². The minimum absolute atomic E-state index is 0.270. The zero-order valence-electron chi connectivity index (χ0n) is 8.86. The van der Waals surface area contributed by atoms with Gasteiger partial charge in [0.15, 0.2) is 0 Å². The first-order valence-corrected chi connectivity index (χ1v) is 5.76. The number of hydrogen-bond acceptors (Lipinski definition) is 3. The summed E-state index contributed by atoms with van der Waals surface area (Å²) in [7, 11) is 0. The summed E-state index contributed by atoms with van der Waals surface area (Å²) >= 11 is 3.20. The average molecular weight is 297 g/mol. The number of halogens is 2. The summed E-state index contributed by atoms with van der Waals surface area (Å²) in [4.78, 5) is 4.08. The van der Waals surface area contributed by atoms with Crippen LogP contribution in [0.2, 0.25) is 0 Å². The minimum atomic E-state index is -0.368. The Bertz CT molecular complexity index is 513. The van der Waals surface area contributed by atoms with Crippen LogP contribution in [-0.4, -0.2) is 4.98 Å². The van der Waals surface area contributed by atoms with Crippen LogP contribution in [0.1, 0.15) is 5.69 Å². The highest BCUT2D eigenvalue weighted by Gasteiger charge is 2.06. The Hall–Kier alpha value is -1.46. The number of hydrogen-bond donors (Lipinski definition) is 1. The predicted octanol–water partition coefficient (Wildman–Crippen LogP) is 3.23. The van der Waals surface area contributed by atoms with E-state index in [0.717, 1.165) is 0 Å². The molecule has 5 heteroatoms. The zero-order chi connectivity index (χ0) is 12.3. The molecule has 0 aliphatic carbocycles. The van der Waals surface area contributed by atoms with Gasteiger partial charge in [-0.25, -0.2) is 4.39 Å². The first kappa shape index (κ1) is 12.0. The van der Waals surface area contributed by atoms with E-state index in [1.165, 1.54) is 12.1 Å². The standard InChI is InChI=1S/C12H10BrFN2O/c13-8-4-9(14)6-10(5-8)17-12-2-1-3-16-11(12)7-15/h1-6H,7,15H2. The molecular weight excluding hydrogens is 287 g/mol. The summed E-state index contributed by atoms with van der Waals surface area (Å²) in [5, 5.41) is 0. The van der Waals surface area contributed by atoms with Gasteiger partial charge in [0, 0.05) is 23.3 Å². The SMILES string of the molecule is NCc1ncccc1Oc1cc(F)cc(Br)c1. The normalized spacial score (nSPS) is 10.3. The van der Waals surface area contributed by atoms with E-state index in [1.54, 1.807) is 24.4 Å². The van der Waals surface area contributed by atoms with Crippen LogP contribution in [0.4, 0.5) is 4.39 Å². The van der Waals surface area contributed by atoms with Gasteiger partial charge in [0.25, 0.3) is 0 Å².